The number of fused-ring (bicyclic) bond motifs is 1. The van der Waals surface area contributed by atoms with Gasteiger partial charge in [-0.15, -0.1) is 11.3 Å². The van der Waals surface area contributed by atoms with Gasteiger partial charge in [-0.1, -0.05) is 30.3 Å². The lowest BCUT2D eigenvalue weighted by Gasteiger charge is -2.41. The normalized spacial score (nSPS) is 21.6. The van der Waals surface area contributed by atoms with Crippen molar-refractivity contribution in [1.29, 1.82) is 0 Å². The van der Waals surface area contributed by atoms with Crippen LogP contribution in [0.15, 0.2) is 66.8 Å². The van der Waals surface area contributed by atoms with Crippen molar-refractivity contribution in [3.63, 3.8) is 0 Å². The zero-order valence-corrected chi connectivity index (χ0v) is 22.5. The van der Waals surface area contributed by atoms with Crippen molar-refractivity contribution in [2.45, 2.75) is 31.7 Å². The molecule has 9 heteroatoms. The fraction of sp³-hybridized carbons (Fsp3) is 0.379. The van der Waals surface area contributed by atoms with E-state index in [1.807, 2.05) is 24.4 Å². The molecule has 196 valence electrons. The number of allylic oxidation sites excluding steroid dienone is 1. The van der Waals surface area contributed by atoms with Crippen molar-refractivity contribution in [1.82, 2.24) is 34.5 Å². The van der Waals surface area contributed by atoms with Gasteiger partial charge in [-0.2, -0.15) is 0 Å². The maximum atomic E-state index is 13.0. The number of carbonyl (C=O) groups is 1. The van der Waals surface area contributed by atoms with Crippen LogP contribution in [0.1, 0.15) is 41.7 Å². The molecule has 1 amide bonds. The summed E-state index contributed by atoms with van der Waals surface area (Å²) in [7, 11) is 2.21. The molecule has 0 radical (unpaired) electrons. The number of amides is 1. The third-order valence-electron chi connectivity index (χ3n) is 7.96. The lowest BCUT2D eigenvalue weighted by molar-refractivity contribution is 0.0862. The summed E-state index contributed by atoms with van der Waals surface area (Å²) >= 11 is 1.63. The molecule has 3 aromatic heterocycles. The van der Waals surface area contributed by atoms with Gasteiger partial charge in [0.1, 0.15) is 6.33 Å². The number of benzene rings is 1. The van der Waals surface area contributed by atoms with E-state index in [0.29, 0.717) is 17.5 Å². The Kier molecular flexibility index (Phi) is 7.31. The molecule has 1 aromatic carbocycles. The van der Waals surface area contributed by atoms with Crippen LogP contribution < -0.4 is 5.32 Å². The Hall–Kier alpha value is -3.40. The first kappa shape index (κ1) is 24.9. The van der Waals surface area contributed by atoms with Crippen molar-refractivity contribution in [3.8, 4) is 11.3 Å². The number of hydrogen-bond donors (Lipinski definition) is 1. The molecule has 1 N–H and O–H groups in total. The highest BCUT2D eigenvalue weighted by Gasteiger charge is 2.32. The standard InChI is InChI=1S/C29H33N7OS/c1-34-11-13-35(14-12-34)24-9-7-21(8-10-24)25(19-32-28(37)23-17-30-20-31-18-23)27-26(22-5-3-2-4-6-22)33-29-36(27)15-16-38-29/h2-6,15-21,24H,7-14H2,1H3,(H,32,37). The molecule has 4 aromatic rings. The second-order valence-corrected chi connectivity index (χ2v) is 11.1. The molecular formula is C29H33N7OS. The number of rotatable bonds is 6. The van der Waals surface area contributed by atoms with Crippen LogP contribution in [0.25, 0.3) is 21.8 Å². The van der Waals surface area contributed by atoms with E-state index in [1.165, 1.54) is 19.2 Å². The molecule has 0 spiro atoms. The molecule has 6 rings (SSSR count). The topological polar surface area (TPSA) is 78.7 Å². The van der Waals surface area contributed by atoms with Gasteiger partial charge in [-0.05, 0) is 44.2 Å². The number of likely N-dealkylation sites (N-methyl/N-ethyl adjacent to an activating group) is 1. The number of nitrogens with one attached hydrogen (secondary N) is 1. The summed E-state index contributed by atoms with van der Waals surface area (Å²) in [5.41, 5.74) is 4.69. The average molecular weight is 528 g/mol. The van der Waals surface area contributed by atoms with Crippen LogP contribution in [-0.4, -0.2) is 74.3 Å². The summed E-state index contributed by atoms with van der Waals surface area (Å²) in [6.07, 6.45) is 13.0. The van der Waals surface area contributed by atoms with Crippen molar-refractivity contribution in [3.05, 3.63) is 78.1 Å². The molecule has 2 aliphatic rings. The van der Waals surface area contributed by atoms with Gasteiger partial charge >= 0.3 is 0 Å². The lowest BCUT2D eigenvalue weighted by atomic mass is 9.79. The van der Waals surface area contributed by atoms with Gasteiger partial charge in [0.2, 0.25) is 0 Å². The van der Waals surface area contributed by atoms with Gasteiger partial charge < -0.3 is 10.2 Å². The molecule has 1 aliphatic heterocycles. The number of nitrogens with zero attached hydrogens (tertiary/aromatic N) is 6. The van der Waals surface area contributed by atoms with E-state index in [2.05, 4.69) is 60.2 Å². The third kappa shape index (κ3) is 5.14. The molecule has 2 fully saturated rings. The Morgan fingerprint density at radius 3 is 2.50 bits per heavy atom. The predicted octanol–water partition coefficient (Wildman–Crippen LogP) is 4.43. The quantitative estimate of drug-likeness (QED) is 0.400. The minimum atomic E-state index is -0.207. The van der Waals surface area contributed by atoms with E-state index >= 15 is 0 Å². The van der Waals surface area contributed by atoms with Gasteiger partial charge in [0.15, 0.2) is 4.96 Å². The van der Waals surface area contributed by atoms with E-state index in [1.54, 1.807) is 23.7 Å². The monoisotopic (exact) mass is 527 g/mol. The molecule has 1 saturated carbocycles. The van der Waals surface area contributed by atoms with Crippen molar-refractivity contribution >= 4 is 27.8 Å². The first-order valence-corrected chi connectivity index (χ1v) is 14.2. The highest BCUT2D eigenvalue weighted by Crippen LogP contribution is 2.41. The summed E-state index contributed by atoms with van der Waals surface area (Å²) in [6, 6.07) is 11.0. The Balaban J connectivity index is 1.33. The molecule has 8 nitrogen and oxygen atoms in total. The second-order valence-electron chi connectivity index (χ2n) is 10.3. The Bertz CT molecular complexity index is 1400. The molecule has 1 saturated heterocycles. The van der Waals surface area contributed by atoms with E-state index in [4.69, 9.17) is 4.98 Å². The zero-order valence-electron chi connectivity index (χ0n) is 21.7. The number of piperazine rings is 1. The minimum absolute atomic E-state index is 0.207. The van der Waals surface area contributed by atoms with E-state index < -0.39 is 0 Å². The van der Waals surface area contributed by atoms with Crippen LogP contribution in [0, 0.1) is 5.92 Å². The molecule has 0 atom stereocenters. The highest BCUT2D eigenvalue weighted by atomic mass is 32.1. The molecule has 0 bridgehead atoms. The Labute approximate surface area is 227 Å². The van der Waals surface area contributed by atoms with Gasteiger partial charge in [0.05, 0.1) is 17.0 Å². The average Bonchev–Trinajstić information content (AvgIpc) is 3.57. The molecule has 4 heterocycles. The Morgan fingerprint density at radius 1 is 1.03 bits per heavy atom. The van der Waals surface area contributed by atoms with Crippen molar-refractivity contribution in [2.75, 3.05) is 33.2 Å². The van der Waals surface area contributed by atoms with Crippen LogP contribution >= 0.6 is 11.3 Å². The summed E-state index contributed by atoms with van der Waals surface area (Å²) in [5.74, 6) is 0.120. The number of aromatic nitrogens is 4. The van der Waals surface area contributed by atoms with Crippen LogP contribution in [0.2, 0.25) is 0 Å². The molecular weight excluding hydrogens is 494 g/mol. The molecule has 1 aliphatic carbocycles. The van der Waals surface area contributed by atoms with Gasteiger partial charge in [0, 0.05) is 68.0 Å². The van der Waals surface area contributed by atoms with Crippen LogP contribution in [0.4, 0.5) is 0 Å². The molecule has 38 heavy (non-hydrogen) atoms. The zero-order chi connectivity index (χ0) is 25.9. The number of hydrogen-bond acceptors (Lipinski definition) is 7. The van der Waals surface area contributed by atoms with Gasteiger partial charge in [-0.3, -0.25) is 14.1 Å². The fourth-order valence-electron chi connectivity index (χ4n) is 5.82. The Morgan fingerprint density at radius 2 is 1.76 bits per heavy atom. The minimum Gasteiger partial charge on any atom is -0.328 e. The maximum absolute atomic E-state index is 13.0. The smallest absolute Gasteiger partial charge is 0.258 e. The SMILES string of the molecule is CN1CCN(C2CCC(C(=CNC(=O)c3cncnc3)c3c(-c4ccccc4)nc4sccn34)CC2)CC1. The highest BCUT2D eigenvalue weighted by molar-refractivity contribution is 7.15. The van der Waals surface area contributed by atoms with Crippen LogP contribution in [0.3, 0.4) is 0 Å². The van der Waals surface area contributed by atoms with Gasteiger partial charge in [-0.25, -0.2) is 15.0 Å². The number of thiazole rings is 1. The third-order valence-corrected chi connectivity index (χ3v) is 8.71. The lowest BCUT2D eigenvalue weighted by Crippen LogP contribution is -2.49. The van der Waals surface area contributed by atoms with Crippen LogP contribution in [0.5, 0.6) is 0 Å². The van der Waals surface area contributed by atoms with E-state index in [9.17, 15) is 4.79 Å². The maximum Gasteiger partial charge on any atom is 0.258 e. The van der Waals surface area contributed by atoms with Crippen molar-refractivity contribution < 1.29 is 4.79 Å². The first-order valence-electron chi connectivity index (χ1n) is 13.4. The number of imidazole rings is 1. The summed E-state index contributed by atoms with van der Waals surface area (Å²) < 4.78 is 2.18. The first-order chi connectivity index (χ1) is 18.7. The number of carbonyl (C=O) groups excluding carboxylic acids is 1. The predicted molar refractivity (Wildman–Crippen MR) is 151 cm³/mol. The summed E-state index contributed by atoms with van der Waals surface area (Å²) in [5, 5.41) is 5.14. The largest absolute Gasteiger partial charge is 0.328 e. The van der Waals surface area contributed by atoms with E-state index in [-0.39, 0.29) is 5.91 Å². The van der Waals surface area contributed by atoms with Gasteiger partial charge in [0.25, 0.3) is 5.91 Å². The summed E-state index contributed by atoms with van der Waals surface area (Å²) in [4.78, 5) is 32.1. The van der Waals surface area contributed by atoms with Crippen molar-refractivity contribution in [2.24, 2.45) is 5.92 Å². The molecule has 0 unspecified atom stereocenters. The second kappa shape index (κ2) is 11.1. The fourth-order valence-corrected chi connectivity index (χ4v) is 6.53. The van der Waals surface area contributed by atoms with Crippen LogP contribution in [-0.2, 0) is 0 Å². The summed E-state index contributed by atoms with van der Waals surface area (Å²) in [6.45, 7) is 4.60. The van der Waals surface area contributed by atoms with E-state index in [0.717, 1.165) is 66.5 Å².